The van der Waals surface area contributed by atoms with Gasteiger partial charge in [-0.15, -0.1) is 0 Å². The minimum Gasteiger partial charge on any atom is -0.493 e. The van der Waals surface area contributed by atoms with E-state index in [2.05, 4.69) is 36.0 Å². The maximum atomic E-state index is 15.2. The normalized spacial score (nSPS) is 43.9. The third-order valence-electron chi connectivity index (χ3n) is 14.8. The van der Waals surface area contributed by atoms with E-state index in [1.165, 1.54) is 5.56 Å². The molecule has 3 spiro atoms. The first-order valence-electron chi connectivity index (χ1n) is 17.6. The second kappa shape index (κ2) is 8.52. The zero-order valence-corrected chi connectivity index (χ0v) is 27.9. The number of ketones is 1. The molecule has 5 heterocycles. The van der Waals surface area contributed by atoms with Gasteiger partial charge in [-0.2, -0.15) is 0 Å². The van der Waals surface area contributed by atoms with Gasteiger partial charge in [-0.1, -0.05) is 12.1 Å². The first-order chi connectivity index (χ1) is 23.1. The fourth-order valence-corrected chi connectivity index (χ4v) is 12.7. The number of methoxy groups -OCH3 is 2. The Morgan fingerprint density at radius 1 is 0.792 bits per heavy atom. The number of benzene rings is 2. The highest BCUT2D eigenvalue weighted by atomic mass is 16.6. The van der Waals surface area contributed by atoms with E-state index >= 15 is 4.79 Å². The molecule has 9 atom stereocenters. The van der Waals surface area contributed by atoms with Gasteiger partial charge in [0.2, 0.25) is 5.78 Å². The summed E-state index contributed by atoms with van der Waals surface area (Å²) in [6.45, 7) is 1.57. The summed E-state index contributed by atoms with van der Waals surface area (Å²) in [6, 6.07) is 7.83. The molecule has 48 heavy (non-hydrogen) atoms. The molecule has 11 rings (SSSR count). The van der Waals surface area contributed by atoms with Crippen LogP contribution in [0.5, 0.6) is 23.0 Å². The van der Waals surface area contributed by atoms with Crippen LogP contribution in [0.2, 0.25) is 0 Å². The quantitative estimate of drug-likeness (QED) is 0.502. The lowest BCUT2D eigenvalue weighted by atomic mass is 9.45. The van der Waals surface area contributed by atoms with Crippen molar-refractivity contribution in [2.24, 2.45) is 0 Å². The second-order valence-corrected chi connectivity index (χ2v) is 16.2. The van der Waals surface area contributed by atoms with Gasteiger partial charge in [-0.25, -0.2) is 0 Å². The van der Waals surface area contributed by atoms with Crippen molar-refractivity contribution in [2.75, 3.05) is 41.4 Å². The Labute approximate surface area is 279 Å². The summed E-state index contributed by atoms with van der Waals surface area (Å²) in [5, 5.41) is 26.2. The minimum atomic E-state index is -1.30. The molecule has 3 fully saturated rings. The number of piperidine rings is 2. The van der Waals surface area contributed by atoms with E-state index < -0.39 is 39.8 Å². The average molecular weight is 655 g/mol. The summed E-state index contributed by atoms with van der Waals surface area (Å²) in [7, 11) is 7.47. The van der Waals surface area contributed by atoms with Gasteiger partial charge in [0.05, 0.1) is 36.3 Å². The molecule has 2 aromatic carbocycles. The first kappa shape index (κ1) is 28.5. The molecule has 2 aromatic rings. The minimum absolute atomic E-state index is 0.0715. The van der Waals surface area contributed by atoms with Crippen LogP contribution in [0.15, 0.2) is 35.6 Å². The molecule has 5 aliphatic heterocycles. The van der Waals surface area contributed by atoms with E-state index in [-0.39, 0.29) is 24.3 Å². The number of hydrogen-bond donors (Lipinski definition) is 2. The lowest BCUT2D eigenvalue weighted by Crippen LogP contribution is -2.81. The number of carbonyl (C=O) groups is 1. The van der Waals surface area contributed by atoms with Crippen LogP contribution in [-0.4, -0.2) is 108 Å². The molecule has 0 unspecified atom stereocenters. The highest BCUT2D eigenvalue weighted by Crippen LogP contribution is 2.70. The maximum Gasteiger partial charge on any atom is 0.217 e. The monoisotopic (exact) mass is 654 g/mol. The fourth-order valence-electron chi connectivity index (χ4n) is 12.7. The summed E-state index contributed by atoms with van der Waals surface area (Å²) in [5.74, 6) is 3.08. The lowest BCUT2D eigenvalue weighted by molar-refractivity contribution is -0.232. The summed E-state index contributed by atoms with van der Waals surface area (Å²) in [6.07, 6.45) is 2.82. The number of aliphatic hydroxyl groups is 2. The van der Waals surface area contributed by atoms with Crippen molar-refractivity contribution in [3.8, 4) is 23.0 Å². The van der Waals surface area contributed by atoms with Gasteiger partial charge in [0.15, 0.2) is 40.8 Å². The van der Waals surface area contributed by atoms with Gasteiger partial charge in [-0.05, 0) is 94.5 Å². The molecule has 1 saturated carbocycles. The van der Waals surface area contributed by atoms with Crippen LogP contribution in [0.1, 0.15) is 60.8 Å². The molecule has 4 aliphatic carbocycles. The zero-order chi connectivity index (χ0) is 32.7. The highest BCUT2D eigenvalue weighted by Gasteiger charge is 2.80. The van der Waals surface area contributed by atoms with Gasteiger partial charge in [-0.3, -0.25) is 4.79 Å². The SMILES string of the molecule is COc1ccc2c3c1O[C@H]1C(=O)[C@@]4(CCC5=C(O4)[C@@H]4Oc6c(OC)ccc7c6[C@]46CCN(C)[C@@H](C7)[C@]6(O)C5)C[C@@]4(O)[C@@H](C2)N(C)CC[C@]314. The van der Waals surface area contributed by atoms with E-state index in [1.54, 1.807) is 14.2 Å². The van der Waals surface area contributed by atoms with Crippen molar-refractivity contribution < 1.29 is 38.7 Å². The molecule has 0 radical (unpaired) electrons. The Kier molecular flexibility index (Phi) is 5.06. The van der Waals surface area contributed by atoms with Crippen molar-refractivity contribution in [3.05, 3.63) is 57.9 Å². The number of hydrogen-bond acceptors (Lipinski definition) is 10. The maximum absolute atomic E-state index is 15.2. The van der Waals surface area contributed by atoms with Crippen LogP contribution in [0.3, 0.4) is 0 Å². The van der Waals surface area contributed by atoms with Gasteiger partial charge < -0.3 is 43.7 Å². The number of fused-ring (bicyclic) bond motifs is 1. The lowest BCUT2D eigenvalue weighted by Gasteiger charge is -2.66. The highest BCUT2D eigenvalue weighted by molar-refractivity contribution is 5.97. The first-order valence-corrected chi connectivity index (χ1v) is 17.6. The topological polar surface area (TPSA) is 110 Å². The van der Waals surface area contributed by atoms with Crippen LogP contribution in [0.4, 0.5) is 0 Å². The fraction of sp³-hybridized carbons (Fsp3) is 0.605. The molecule has 0 aromatic heterocycles. The van der Waals surface area contributed by atoms with Crippen molar-refractivity contribution in [1.29, 1.82) is 0 Å². The second-order valence-electron chi connectivity index (χ2n) is 16.2. The third-order valence-corrected chi connectivity index (χ3v) is 14.8. The van der Waals surface area contributed by atoms with E-state index in [0.29, 0.717) is 67.3 Å². The molecule has 4 bridgehead atoms. The van der Waals surface area contributed by atoms with Crippen molar-refractivity contribution in [3.63, 3.8) is 0 Å². The van der Waals surface area contributed by atoms with Gasteiger partial charge >= 0.3 is 0 Å². The smallest absolute Gasteiger partial charge is 0.217 e. The molecule has 2 N–H and O–H groups in total. The van der Waals surface area contributed by atoms with Gasteiger partial charge in [0, 0.05) is 36.1 Å². The number of Topliss-reactive ketones (excluding diaryl/α,β-unsaturated/α-hetero) is 1. The van der Waals surface area contributed by atoms with Gasteiger partial charge in [0.25, 0.3) is 0 Å². The van der Waals surface area contributed by atoms with Crippen LogP contribution < -0.4 is 18.9 Å². The predicted molar refractivity (Wildman–Crippen MR) is 172 cm³/mol. The van der Waals surface area contributed by atoms with Crippen LogP contribution >= 0.6 is 0 Å². The predicted octanol–water partition coefficient (Wildman–Crippen LogP) is 2.56. The zero-order valence-electron chi connectivity index (χ0n) is 27.9. The number of rotatable bonds is 2. The molecule has 252 valence electrons. The summed E-state index contributed by atoms with van der Waals surface area (Å²) in [4.78, 5) is 19.8. The number of carbonyl (C=O) groups excluding carboxylic acids is 1. The van der Waals surface area contributed by atoms with Crippen molar-refractivity contribution in [2.45, 2.75) is 103 Å². The Morgan fingerprint density at radius 3 is 1.96 bits per heavy atom. The largest absolute Gasteiger partial charge is 0.493 e. The Hall–Kier alpha value is -3.31. The molecule has 0 amide bonds. The standard InChI is InChI=1S/C38H42N2O8/c1-39-13-11-35-26-19-5-7-22(44-3)29(26)46-32(35)28-21(17-37(35,42)24(39)15-19)9-10-34(48-28)18-38(43)25-16-20-6-8-23(45-4)30-27(20)36(38,12-14-40(25)2)33(47-30)31(34)41/h5-8,24-25,32-33,42-43H,9-18H2,1-4H3/t24-,25+,32-,33-,34+,35+,36-,37+,38+/m0/s1. The average Bonchev–Trinajstić information content (AvgIpc) is 3.61. The van der Waals surface area contributed by atoms with E-state index in [0.717, 1.165) is 41.8 Å². The van der Waals surface area contributed by atoms with Crippen LogP contribution in [0.25, 0.3) is 0 Å². The van der Waals surface area contributed by atoms with E-state index in [1.807, 2.05) is 12.1 Å². The van der Waals surface area contributed by atoms with Crippen LogP contribution in [0, 0.1) is 0 Å². The van der Waals surface area contributed by atoms with Crippen LogP contribution in [-0.2, 0) is 33.2 Å². The van der Waals surface area contributed by atoms with E-state index in [4.69, 9.17) is 23.7 Å². The number of ether oxygens (including phenoxy) is 5. The van der Waals surface area contributed by atoms with E-state index in [9.17, 15) is 10.2 Å². The summed E-state index contributed by atoms with van der Waals surface area (Å²) < 4.78 is 32.6. The summed E-state index contributed by atoms with van der Waals surface area (Å²) in [5.41, 5.74) is 0.0532. The van der Waals surface area contributed by atoms with Crippen molar-refractivity contribution >= 4 is 5.78 Å². The van der Waals surface area contributed by atoms with Gasteiger partial charge in [0.1, 0.15) is 5.76 Å². The molecule has 10 heteroatoms. The summed E-state index contributed by atoms with van der Waals surface area (Å²) >= 11 is 0. The molecular formula is C38H42N2O8. The number of likely N-dealkylation sites (tertiary alicyclic amines) is 2. The number of nitrogens with zero attached hydrogens (tertiary/aromatic N) is 2. The third kappa shape index (κ3) is 2.74. The Morgan fingerprint density at radius 2 is 1.35 bits per heavy atom. The van der Waals surface area contributed by atoms with Crippen molar-refractivity contribution in [1.82, 2.24) is 9.80 Å². The molecule has 9 aliphatic rings. The Balaban J connectivity index is 1.08. The molecule has 2 saturated heterocycles. The molecule has 10 nitrogen and oxygen atoms in total. The Bertz CT molecular complexity index is 1910. The molecular weight excluding hydrogens is 612 g/mol. The number of likely N-dealkylation sites (N-methyl/N-ethyl adjacent to an activating group) is 2.